The Labute approximate surface area is 139 Å². The molecule has 0 saturated heterocycles. The summed E-state index contributed by atoms with van der Waals surface area (Å²) < 4.78 is 3.95. The van der Waals surface area contributed by atoms with Crippen LogP contribution in [0.15, 0.2) is 28.2 Å². The summed E-state index contributed by atoms with van der Waals surface area (Å²) in [6.07, 6.45) is 4.49. The largest absolute Gasteiger partial charge is 0.349 e. The molecule has 0 N–H and O–H groups in total. The number of aryl methyl sites for hydroxylation is 2. The minimum Gasteiger partial charge on any atom is -0.349 e. The molecule has 0 spiro atoms. The van der Waals surface area contributed by atoms with Gasteiger partial charge in [-0.05, 0) is 38.0 Å². The van der Waals surface area contributed by atoms with Crippen molar-refractivity contribution < 1.29 is 4.79 Å². The van der Waals surface area contributed by atoms with E-state index in [1.807, 2.05) is 44.6 Å². The van der Waals surface area contributed by atoms with E-state index in [0.29, 0.717) is 4.80 Å². The average molecular weight is 328 g/mol. The summed E-state index contributed by atoms with van der Waals surface area (Å²) in [6.45, 7) is 7.09. The number of thiazole rings is 1. The van der Waals surface area contributed by atoms with E-state index in [4.69, 9.17) is 0 Å². The second kappa shape index (κ2) is 7.25. The standard InChI is InChI=1S/C17H20N4OS/c1-5-6-21-12(2)9-14(13(21)3)10-15(11-18)16(22)19-17-20(4)7-8-23-17/h7-10H,5-6H2,1-4H3. The van der Waals surface area contributed by atoms with Crippen molar-refractivity contribution in [1.82, 2.24) is 9.13 Å². The van der Waals surface area contributed by atoms with Gasteiger partial charge in [0.1, 0.15) is 11.6 Å². The Morgan fingerprint density at radius 3 is 2.78 bits per heavy atom. The van der Waals surface area contributed by atoms with Crippen LogP contribution in [0.25, 0.3) is 6.08 Å². The van der Waals surface area contributed by atoms with Crippen molar-refractivity contribution in [2.45, 2.75) is 33.7 Å². The molecule has 0 fully saturated rings. The summed E-state index contributed by atoms with van der Waals surface area (Å²) in [5.41, 5.74) is 3.13. The fourth-order valence-corrected chi connectivity index (χ4v) is 3.15. The Bertz CT molecular complexity index is 858. The van der Waals surface area contributed by atoms with Crippen LogP contribution >= 0.6 is 11.3 Å². The third kappa shape index (κ3) is 3.69. The third-order valence-electron chi connectivity index (χ3n) is 3.67. The number of rotatable bonds is 4. The molecule has 2 heterocycles. The Kier molecular flexibility index (Phi) is 5.35. The van der Waals surface area contributed by atoms with Gasteiger partial charge in [0.15, 0.2) is 4.80 Å². The smallest absolute Gasteiger partial charge is 0.290 e. The Balaban J connectivity index is 2.41. The maximum atomic E-state index is 12.3. The number of carbonyl (C=O) groups excluding carboxylic acids is 1. The molecule has 6 heteroatoms. The van der Waals surface area contributed by atoms with Crippen LogP contribution in [0.4, 0.5) is 0 Å². The first-order valence-corrected chi connectivity index (χ1v) is 8.33. The molecule has 0 radical (unpaired) electrons. The number of hydrogen-bond acceptors (Lipinski definition) is 3. The lowest BCUT2D eigenvalue weighted by Gasteiger charge is -2.06. The fraction of sp³-hybridized carbons (Fsp3) is 0.353. The SMILES string of the molecule is CCCn1c(C)cc(C=C(C#N)C(=O)N=c2sccn2C)c1C. The van der Waals surface area contributed by atoms with E-state index in [1.165, 1.54) is 11.3 Å². The van der Waals surface area contributed by atoms with Gasteiger partial charge in [0.05, 0.1) is 0 Å². The van der Waals surface area contributed by atoms with Gasteiger partial charge in [-0.3, -0.25) is 4.79 Å². The van der Waals surface area contributed by atoms with Gasteiger partial charge in [-0.25, -0.2) is 0 Å². The molecule has 0 aliphatic heterocycles. The van der Waals surface area contributed by atoms with Gasteiger partial charge in [0, 0.05) is 36.6 Å². The molecular formula is C17H20N4OS. The van der Waals surface area contributed by atoms with Crippen molar-refractivity contribution in [3.8, 4) is 6.07 Å². The topological polar surface area (TPSA) is 63.1 Å². The number of nitrogens with zero attached hydrogens (tertiary/aromatic N) is 4. The molecule has 0 aliphatic rings. The number of aromatic nitrogens is 2. The monoisotopic (exact) mass is 328 g/mol. The highest BCUT2D eigenvalue weighted by Gasteiger charge is 2.12. The summed E-state index contributed by atoms with van der Waals surface area (Å²) >= 11 is 1.36. The van der Waals surface area contributed by atoms with E-state index in [0.717, 1.165) is 29.9 Å². The van der Waals surface area contributed by atoms with Crippen molar-refractivity contribution in [3.63, 3.8) is 0 Å². The van der Waals surface area contributed by atoms with Crippen LogP contribution in [-0.4, -0.2) is 15.0 Å². The molecule has 0 aliphatic carbocycles. The first-order valence-electron chi connectivity index (χ1n) is 7.45. The summed E-state index contributed by atoms with van der Waals surface area (Å²) in [6, 6.07) is 3.97. The quantitative estimate of drug-likeness (QED) is 0.640. The van der Waals surface area contributed by atoms with Gasteiger partial charge < -0.3 is 9.13 Å². The molecule has 23 heavy (non-hydrogen) atoms. The van der Waals surface area contributed by atoms with Crippen molar-refractivity contribution in [3.05, 3.63) is 45.0 Å². The van der Waals surface area contributed by atoms with Crippen molar-refractivity contribution >= 4 is 23.3 Å². The minimum absolute atomic E-state index is 0.0511. The fourth-order valence-electron chi connectivity index (χ4n) is 2.42. The van der Waals surface area contributed by atoms with Crippen LogP contribution in [0.3, 0.4) is 0 Å². The maximum absolute atomic E-state index is 12.3. The van der Waals surface area contributed by atoms with Crippen molar-refractivity contribution in [2.75, 3.05) is 0 Å². The molecule has 2 rings (SSSR count). The van der Waals surface area contributed by atoms with Crippen LogP contribution in [0.1, 0.15) is 30.3 Å². The van der Waals surface area contributed by atoms with Crippen LogP contribution in [0.5, 0.6) is 0 Å². The van der Waals surface area contributed by atoms with Gasteiger partial charge in [-0.2, -0.15) is 10.3 Å². The molecule has 0 aromatic carbocycles. The van der Waals surface area contributed by atoms with Crippen molar-refractivity contribution in [1.29, 1.82) is 5.26 Å². The highest BCUT2D eigenvalue weighted by molar-refractivity contribution is 7.07. The van der Waals surface area contributed by atoms with E-state index in [2.05, 4.69) is 16.5 Å². The van der Waals surface area contributed by atoms with E-state index >= 15 is 0 Å². The lowest BCUT2D eigenvalue weighted by molar-refractivity contribution is -0.114. The first-order chi connectivity index (χ1) is 11.0. The van der Waals surface area contributed by atoms with Gasteiger partial charge in [0.2, 0.25) is 0 Å². The van der Waals surface area contributed by atoms with Crippen LogP contribution < -0.4 is 4.80 Å². The first kappa shape index (κ1) is 17.0. The Morgan fingerprint density at radius 1 is 1.48 bits per heavy atom. The number of hydrogen-bond donors (Lipinski definition) is 0. The second-order valence-corrected chi connectivity index (χ2v) is 6.23. The maximum Gasteiger partial charge on any atom is 0.290 e. The number of nitriles is 1. The molecule has 2 aromatic rings. The molecule has 0 unspecified atom stereocenters. The average Bonchev–Trinajstić information content (AvgIpc) is 3.03. The summed E-state index contributed by atoms with van der Waals surface area (Å²) in [4.78, 5) is 16.9. The normalized spacial score (nSPS) is 12.5. The second-order valence-electron chi connectivity index (χ2n) is 5.36. The lowest BCUT2D eigenvalue weighted by atomic mass is 10.1. The Hall–Kier alpha value is -2.39. The van der Waals surface area contributed by atoms with Crippen LogP contribution in [-0.2, 0) is 18.4 Å². The van der Waals surface area contributed by atoms with E-state index in [9.17, 15) is 10.1 Å². The van der Waals surface area contributed by atoms with Gasteiger partial charge in [0.25, 0.3) is 5.91 Å². The van der Waals surface area contributed by atoms with E-state index in [-0.39, 0.29) is 5.57 Å². The molecule has 0 atom stereocenters. The molecule has 1 amide bonds. The highest BCUT2D eigenvalue weighted by atomic mass is 32.1. The van der Waals surface area contributed by atoms with E-state index < -0.39 is 5.91 Å². The summed E-state index contributed by atoms with van der Waals surface area (Å²) in [7, 11) is 1.82. The predicted octanol–water partition coefficient (Wildman–Crippen LogP) is 2.95. The number of carbonyl (C=O) groups is 1. The molecular weight excluding hydrogens is 308 g/mol. The lowest BCUT2D eigenvalue weighted by Crippen LogP contribution is -2.13. The summed E-state index contributed by atoms with van der Waals surface area (Å²) in [5, 5.41) is 11.2. The number of amides is 1. The highest BCUT2D eigenvalue weighted by Crippen LogP contribution is 2.19. The molecule has 0 bridgehead atoms. The van der Waals surface area contributed by atoms with Crippen LogP contribution in [0, 0.1) is 25.2 Å². The third-order valence-corrected chi connectivity index (χ3v) is 4.52. The molecule has 2 aromatic heterocycles. The van der Waals surface area contributed by atoms with E-state index in [1.54, 1.807) is 10.6 Å². The zero-order valence-corrected chi connectivity index (χ0v) is 14.6. The minimum atomic E-state index is -0.508. The molecule has 120 valence electrons. The molecule has 5 nitrogen and oxygen atoms in total. The van der Waals surface area contributed by atoms with Gasteiger partial charge in [-0.1, -0.05) is 6.92 Å². The summed E-state index contributed by atoms with van der Waals surface area (Å²) in [5.74, 6) is -0.508. The zero-order chi connectivity index (χ0) is 17.0. The molecule has 0 saturated carbocycles. The van der Waals surface area contributed by atoms with Gasteiger partial charge >= 0.3 is 0 Å². The van der Waals surface area contributed by atoms with Crippen molar-refractivity contribution in [2.24, 2.45) is 12.0 Å². The Morgan fingerprint density at radius 2 is 2.22 bits per heavy atom. The predicted molar refractivity (Wildman–Crippen MR) is 91.6 cm³/mol. The van der Waals surface area contributed by atoms with Gasteiger partial charge in [-0.15, -0.1) is 11.3 Å². The van der Waals surface area contributed by atoms with Crippen LogP contribution in [0.2, 0.25) is 0 Å². The zero-order valence-electron chi connectivity index (χ0n) is 13.8.